The van der Waals surface area contributed by atoms with Gasteiger partial charge in [0.15, 0.2) is 0 Å². The lowest BCUT2D eigenvalue weighted by molar-refractivity contribution is -0.151. The molecule has 4 aromatic rings. The number of carboxylic acid groups (broad SMARTS) is 1. The summed E-state index contributed by atoms with van der Waals surface area (Å²) < 4.78 is 7.72. The summed E-state index contributed by atoms with van der Waals surface area (Å²) in [5.74, 6) is -2.38. The van der Waals surface area contributed by atoms with E-state index in [2.05, 4.69) is 59.6 Å². The number of unbranched alkanes of at least 4 members (excludes halogenated alkanes) is 5. The van der Waals surface area contributed by atoms with Gasteiger partial charge in [0.05, 0.1) is 18.7 Å². The number of carbonyl (C=O) groups excluding carboxylic acids is 1. The minimum Gasteiger partial charge on any atom is -0.481 e. The number of imidazole rings is 1. The number of aliphatic carboxylic acids is 1. The highest BCUT2D eigenvalue weighted by Crippen LogP contribution is 2.44. The second kappa shape index (κ2) is 14.6. The minimum absolute atomic E-state index is 0.0464. The molecule has 0 aliphatic heterocycles. The third-order valence-corrected chi connectivity index (χ3v) is 8.35. The van der Waals surface area contributed by atoms with Crippen molar-refractivity contribution in [3.05, 3.63) is 114 Å². The standard InChI is InChI=1S/C36H40N2O4/c39-35(42-25-34-32-19-11-9-17-30(32)31-18-10-12-20-33(31)34)23-28(36(40)41)22-29-24-37-26-38(29)21-13-4-2-1-3-6-14-27-15-7-5-8-16-27/h5,7-12,15-20,24,26,28,34H,1-4,6,13-14,21-23,25H2,(H,40,41)/t28-/m1/s1. The molecule has 1 atom stereocenters. The van der Waals surface area contributed by atoms with E-state index in [0.717, 1.165) is 53.8 Å². The van der Waals surface area contributed by atoms with Crippen molar-refractivity contribution in [1.82, 2.24) is 9.55 Å². The van der Waals surface area contributed by atoms with Gasteiger partial charge in [-0.1, -0.05) is 105 Å². The number of carbonyl (C=O) groups is 2. The molecule has 0 saturated carbocycles. The molecule has 0 fully saturated rings. The van der Waals surface area contributed by atoms with E-state index in [4.69, 9.17) is 4.74 Å². The molecule has 3 aromatic carbocycles. The molecule has 0 unspecified atom stereocenters. The lowest BCUT2D eigenvalue weighted by atomic mass is 9.97. The zero-order valence-corrected chi connectivity index (χ0v) is 24.2. The number of hydrogen-bond acceptors (Lipinski definition) is 4. The van der Waals surface area contributed by atoms with Gasteiger partial charge in [-0.2, -0.15) is 0 Å². The first-order valence-corrected chi connectivity index (χ1v) is 15.2. The third kappa shape index (κ3) is 7.55. The van der Waals surface area contributed by atoms with Crippen molar-refractivity contribution in [3.8, 4) is 11.1 Å². The Kier molecular flexibility index (Phi) is 10.2. The average molecular weight is 565 g/mol. The topological polar surface area (TPSA) is 81.4 Å². The minimum atomic E-state index is -0.994. The van der Waals surface area contributed by atoms with Gasteiger partial charge in [-0.25, -0.2) is 4.98 Å². The number of ether oxygens (including phenoxy) is 1. The summed E-state index contributed by atoms with van der Waals surface area (Å²) in [5, 5.41) is 9.90. The normalized spacial score (nSPS) is 13.0. The van der Waals surface area contributed by atoms with Crippen LogP contribution < -0.4 is 0 Å². The van der Waals surface area contributed by atoms with E-state index in [1.54, 1.807) is 12.5 Å². The number of aryl methyl sites for hydroxylation is 2. The highest BCUT2D eigenvalue weighted by Gasteiger charge is 2.30. The van der Waals surface area contributed by atoms with Crippen LogP contribution in [0.4, 0.5) is 0 Å². The fraction of sp³-hybridized carbons (Fsp3) is 0.361. The molecule has 0 saturated heterocycles. The van der Waals surface area contributed by atoms with Crippen LogP contribution in [0, 0.1) is 5.92 Å². The molecule has 218 valence electrons. The second-order valence-corrected chi connectivity index (χ2v) is 11.3. The molecular weight excluding hydrogens is 524 g/mol. The van der Waals surface area contributed by atoms with E-state index in [9.17, 15) is 14.7 Å². The monoisotopic (exact) mass is 564 g/mol. The molecular formula is C36H40N2O4. The molecule has 1 heterocycles. The summed E-state index contributed by atoms with van der Waals surface area (Å²) in [6, 6.07) is 27.0. The summed E-state index contributed by atoms with van der Waals surface area (Å²) in [6.45, 7) is 1.00. The molecule has 5 rings (SSSR count). The maximum atomic E-state index is 12.8. The lowest BCUT2D eigenvalue weighted by Gasteiger charge is -2.16. The van der Waals surface area contributed by atoms with Crippen LogP contribution in [0.1, 0.15) is 73.2 Å². The van der Waals surface area contributed by atoms with E-state index in [1.807, 2.05) is 28.8 Å². The van der Waals surface area contributed by atoms with Gasteiger partial charge in [0.2, 0.25) is 0 Å². The van der Waals surface area contributed by atoms with Crippen LogP contribution in [0.25, 0.3) is 11.1 Å². The zero-order chi connectivity index (χ0) is 29.1. The van der Waals surface area contributed by atoms with Gasteiger partial charge in [0.25, 0.3) is 0 Å². The summed E-state index contributed by atoms with van der Waals surface area (Å²) >= 11 is 0. The molecule has 42 heavy (non-hydrogen) atoms. The lowest BCUT2D eigenvalue weighted by Crippen LogP contribution is -2.23. The summed E-state index contributed by atoms with van der Waals surface area (Å²) in [4.78, 5) is 29.2. The molecule has 0 spiro atoms. The van der Waals surface area contributed by atoms with Gasteiger partial charge in [-0.05, 0) is 47.1 Å². The fourth-order valence-electron chi connectivity index (χ4n) is 6.06. The van der Waals surface area contributed by atoms with E-state index in [-0.39, 0.29) is 25.4 Å². The molecule has 6 heteroatoms. The zero-order valence-electron chi connectivity index (χ0n) is 24.2. The Morgan fingerprint density at radius 3 is 2.12 bits per heavy atom. The fourth-order valence-corrected chi connectivity index (χ4v) is 6.06. The molecule has 0 bridgehead atoms. The van der Waals surface area contributed by atoms with Gasteiger partial charge >= 0.3 is 11.9 Å². The Bertz CT molecular complexity index is 1420. The van der Waals surface area contributed by atoms with Crippen molar-refractivity contribution in [2.75, 3.05) is 6.61 Å². The average Bonchev–Trinajstić information content (AvgIpc) is 3.59. The van der Waals surface area contributed by atoms with Crippen LogP contribution in [-0.4, -0.2) is 33.2 Å². The Morgan fingerprint density at radius 2 is 1.43 bits per heavy atom. The number of benzene rings is 3. The highest BCUT2D eigenvalue weighted by atomic mass is 16.5. The Balaban J connectivity index is 1.05. The Morgan fingerprint density at radius 1 is 0.810 bits per heavy atom. The maximum Gasteiger partial charge on any atom is 0.307 e. The predicted octanol–water partition coefficient (Wildman–Crippen LogP) is 7.46. The molecule has 6 nitrogen and oxygen atoms in total. The number of hydrogen-bond donors (Lipinski definition) is 1. The quantitative estimate of drug-likeness (QED) is 0.113. The van der Waals surface area contributed by atoms with Gasteiger partial charge < -0.3 is 14.4 Å². The van der Waals surface area contributed by atoms with E-state index in [1.165, 1.54) is 31.2 Å². The first-order chi connectivity index (χ1) is 20.6. The van der Waals surface area contributed by atoms with Crippen LogP contribution in [-0.2, 0) is 33.7 Å². The first kappa shape index (κ1) is 29.3. The Labute approximate surface area is 248 Å². The number of fused-ring (bicyclic) bond motifs is 3. The van der Waals surface area contributed by atoms with Crippen molar-refractivity contribution >= 4 is 11.9 Å². The molecule has 1 aliphatic rings. The van der Waals surface area contributed by atoms with E-state index >= 15 is 0 Å². The Hall–Kier alpha value is -4.19. The molecule has 1 N–H and O–H groups in total. The van der Waals surface area contributed by atoms with Gasteiger partial charge in [-0.15, -0.1) is 0 Å². The van der Waals surface area contributed by atoms with Crippen LogP contribution in [0.2, 0.25) is 0 Å². The van der Waals surface area contributed by atoms with E-state index in [0.29, 0.717) is 0 Å². The van der Waals surface area contributed by atoms with Crippen molar-refractivity contribution in [1.29, 1.82) is 0 Å². The van der Waals surface area contributed by atoms with Gasteiger partial charge in [0, 0.05) is 30.8 Å². The van der Waals surface area contributed by atoms with Crippen molar-refractivity contribution in [2.45, 2.75) is 70.3 Å². The van der Waals surface area contributed by atoms with Crippen LogP contribution >= 0.6 is 0 Å². The summed E-state index contributed by atoms with van der Waals surface area (Å²) in [7, 11) is 0. The predicted molar refractivity (Wildman–Crippen MR) is 164 cm³/mol. The van der Waals surface area contributed by atoms with Crippen molar-refractivity contribution in [3.63, 3.8) is 0 Å². The largest absolute Gasteiger partial charge is 0.481 e. The number of nitrogens with zero attached hydrogens (tertiary/aromatic N) is 2. The molecule has 1 aliphatic carbocycles. The van der Waals surface area contributed by atoms with Crippen LogP contribution in [0.15, 0.2) is 91.4 Å². The molecule has 0 amide bonds. The number of rotatable bonds is 16. The highest BCUT2D eigenvalue weighted by molar-refractivity contribution is 5.80. The molecule has 0 radical (unpaired) electrons. The number of aromatic nitrogens is 2. The van der Waals surface area contributed by atoms with Crippen molar-refractivity contribution in [2.24, 2.45) is 5.92 Å². The summed E-state index contributed by atoms with van der Waals surface area (Å²) in [5.41, 5.74) is 6.85. The second-order valence-electron chi connectivity index (χ2n) is 11.3. The smallest absolute Gasteiger partial charge is 0.307 e. The first-order valence-electron chi connectivity index (χ1n) is 15.2. The van der Waals surface area contributed by atoms with Gasteiger partial charge in [0.1, 0.15) is 6.61 Å². The van der Waals surface area contributed by atoms with Crippen LogP contribution in [0.5, 0.6) is 0 Å². The maximum absolute atomic E-state index is 12.8. The molecule has 1 aromatic heterocycles. The summed E-state index contributed by atoms with van der Waals surface area (Å²) in [6.07, 6.45) is 11.7. The van der Waals surface area contributed by atoms with E-state index < -0.39 is 17.9 Å². The number of esters is 1. The van der Waals surface area contributed by atoms with Crippen LogP contribution in [0.3, 0.4) is 0 Å². The number of carboxylic acids is 1. The van der Waals surface area contributed by atoms with Gasteiger partial charge in [-0.3, -0.25) is 9.59 Å². The SMILES string of the molecule is O=C(C[C@@H](Cc1cncn1CCCCCCCCc1ccccc1)C(=O)O)OCC1c2ccccc2-c2ccccc21. The van der Waals surface area contributed by atoms with Crippen molar-refractivity contribution < 1.29 is 19.4 Å². The third-order valence-electron chi connectivity index (χ3n) is 8.35.